The molecule has 3 aromatic rings. The second-order valence-electron chi connectivity index (χ2n) is 10.8. The van der Waals surface area contributed by atoms with Gasteiger partial charge < -0.3 is 24.4 Å². The minimum absolute atomic E-state index is 0.0816. The summed E-state index contributed by atoms with van der Waals surface area (Å²) in [4.78, 5) is 17.8. The van der Waals surface area contributed by atoms with E-state index in [1.54, 1.807) is 14.2 Å². The van der Waals surface area contributed by atoms with Gasteiger partial charge >= 0.3 is 0 Å². The third kappa shape index (κ3) is 5.97. The minimum atomic E-state index is -0.362. The summed E-state index contributed by atoms with van der Waals surface area (Å²) in [6.45, 7) is 4.11. The van der Waals surface area contributed by atoms with Crippen LogP contribution in [0.4, 0.5) is 0 Å². The van der Waals surface area contributed by atoms with Crippen molar-refractivity contribution in [3.05, 3.63) is 71.3 Å². The molecule has 202 valence electrons. The number of methoxy groups -OCH3 is 2. The van der Waals surface area contributed by atoms with E-state index >= 15 is 0 Å². The maximum Gasteiger partial charge on any atom is 0.254 e. The summed E-state index contributed by atoms with van der Waals surface area (Å²) in [6, 6.07) is 18.7. The van der Waals surface area contributed by atoms with E-state index in [9.17, 15) is 9.90 Å². The van der Waals surface area contributed by atoms with Crippen molar-refractivity contribution in [1.82, 2.24) is 9.80 Å². The minimum Gasteiger partial charge on any atom is -0.493 e. The molecule has 0 radical (unpaired) electrons. The number of hydrogen-bond donors (Lipinski definition) is 1. The van der Waals surface area contributed by atoms with Crippen LogP contribution in [-0.4, -0.2) is 73.9 Å². The fourth-order valence-corrected chi connectivity index (χ4v) is 6.19. The van der Waals surface area contributed by atoms with Gasteiger partial charge in [-0.05, 0) is 78.6 Å². The summed E-state index contributed by atoms with van der Waals surface area (Å²) in [6.07, 6.45) is 5.50. The van der Waals surface area contributed by atoms with Crippen LogP contribution in [0.25, 0.3) is 10.8 Å². The van der Waals surface area contributed by atoms with Crippen molar-refractivity contribution in [2.24, 2.45) is 5.92 Å². The maximum atomic E-state index is 13.4. The molecular weight excluding hydrogens is 476 g/mol. The summed E-state index contributed by atoms with van der Waals surface area (Å²) < 4.78 is 10.9. The number of carbonyl (C=O) groups is 1. The number of rotatable bonds is 9. The first kappa shape index (κ1) is 26.5. The zero-order valence-corrected chi connectivity index (χ0v) is 22.7. The first-order chi connectivity index (χ1) is 18.6. The molecule has 2 aliphatic heterocycles. The molecule has 1 fully saturated rings. The van der Waals surface area contributed by atoms with Gasteiger partial charge in [-0.1, -0.05) is 48.9 Å². The van der Waals surface area contributed by atoms with E-state index in [0.29, 0.717) is 24.0 Å². The Labute approximate surface area is 226 Å². The quantitative estimate of drug-likeness (QED) is 0.436. The Balaban J connectivity index is 1.18. The first-order valence-electron chi connectivity index (χ1n) is 14.0. The molecule has 0 saturated carbocycles. The lowest BCUT2D eigenvalue weighted by Gasteiger charge is -2.33. The SMILES string of the molecule is COc1cc2c(cc1OC)C(=O)N(CC1CCCCN(CC(O)CCc3cccc4ccccc34)C1)CC2. The monoisotopic (exact) mass is 516 g/mol. The second kappa shape index (κ2) is 12.2. The highest BCUT2D eigenvalue weighted by Crippen LogP contribution is 2.34. The number of β-amino-alcohol motifs (C(OH)–C–C–N with tert-alkyl or cyclic N) is 1. The number of nitrogens with zero attached hydrogens (tertiary/aromatic N) is 2. The molecule has 0 aromatic heterocycles. The van der Waals surface area contributed by atoms with Crippen molar-refractivity contribution >= 4 is 16.7 Å². The van der Waals surface area contributed by atoms with Crippen LogP contribution in [0.1, 0.15) is 47.2 Å². The van der Waals surface area contributed by atoms with Gasteiger partial charge in [0.2, 0.25) is 0 Å². The van der Waals surface area contributed by atoms with E-state index < -0.39 is 0 Å². The molecule has 0 aliphatic carbocycles. The van der Waals surface area contributed by atoms with Crippen LogP contribution in [0.2, 0.25) is 0 Å². The molecule has 2 atom stereocenters. The van der Waals surface area contributed by atoms with Gasteiger partial charge in [0.15, 0.2) is 11.5 Å². The summed E-state index contributed by atoms with van der Waals surface area (Å²) in [5.74, 6) is 1.76. The topological polar surface area (TPSA) is 62.2 Å². The van der Waals surface area contributed by atoms with E-state index in [4.69, 9.17) is 9.47 Å². The third-order valence-corrected chi connectivity index (χ3v) is 8.21. The number of aliphatic hydroxyl groups excluding tert-OH is 1. The van der Waals surface area contributed by atoms with Gasteiger partial charge in [0.1, 0.15) is 0 Å². The Morgan fingerprint density at radius 1 is 1.00 bits per heavy atom. The summed E-state index contributed by atoms with van der Waals surface area (Å²) in [5, 5.41) is 13.5. The highest BCUT2D eigenvalue weighted by Gasteiger charge is 2.29. The van der Waals surface area contributed by atoms with Crippen molar-refractivity contribution < 1.29 is 19.4 Å². The van der Waals surface area contributed by atoms with E-state index in [1.807, 2.05) is 17.0 Å². The highest BCUT2D eigenvalue weighted by molar-refractivity contribution is 5.97. The lowest BCUT2D eigenvalue weighted by molar-refractivity contribution is 0.0667. The lowest BCUT2D eigenvalue weighted by Crippen LogP contribution is -2.43. The van der Waals surface area contributed by atoms with Crippen LogP contribution in [-0.2, 0) is 12.8 Å². The average Bonchev–Trinajstić information content (AvgIpc) is 3.17. The third-order valence-electron chi connectivity index (χ3n) is 8.21. The highest BCUT2D eigenvalue weighted by atomic mass is 16.5. The van der Waals surface area contributed by atoms with Crippen LogP contribution in [0.3, 0.4) is 0 Å². The zero-order valence-electron chi connectivity index (χ0n) is 22.7. The number of likely N-dealkylation sites (tertiary alicyclic amines) is 1. The van der Waals surface area contributed by atoms with Crippen LogP contribution in [0, 0.1) is 5.92 Å². The number of benzene rings is 3. The number of hydrogen-bond acceptors (Lipinski definition) is 5. The van der Waals surface area contributed by atoms with Crippen molar-refractivity contribution in [3.63, 3.8) is 0 Å². The zero-order chi connectivity index (χ0) is 26.5. The molecule has 2 aliphatic rings. The van der Waals surface area contributed by atoms with Crippen molar-refractivity contribution in [3.8, 4) is 11.5 Å². The van der Waals surface area contributed by atoms with Crippen LogP contribution in [0.15, 0.2) is 54.6 Å². The van der Waals surface area contributed by atoms with E-state index in [1.165, 1.54) is 16.3 Å². The molecule has 38 heavy (non-hydrogen) atoms. The normalized spacial score (nSPS) is 19.2. The number of aryl methyl sites for hydroxylation is 1. The number of ether oxygens (including phenoxy) is 2. The largest absolute Gasteiger partial charge is 0.493 e. The van der Waals surface area contributed by atoms with Gasteiger partial charge in [-0.2, -0.15) is 0 Å². The Morgan fingerprint density at radius 3 is 2.63 bits per heavy atom. The van der Waals surface area contributed by atoms with E-state index in [2.05, 4.69) is 47.4 Å². The molecule has 0 spiro atoms. The van der Waals surface area contributed by atoms with Crippen LogP contribution >= 0.6 is 0 Å². The van der Waals surface area contributed by atoms with Gasteiger partial charge in [0.05, 0.1) is 20.3 Å². The Morgan fingerprint density at radius 2 is 1.79 bits per heavy atom. The van der Waals surface area contributed by atoms with E-state index in [0.717, 1.165) is 75.8 Å². The van der Waals surface area contributed by atoms with Gasteiger partial charge in [-0.25, -0.2) is 0 Å². The Hall–Kier alpha value is -3.09. The van der Waals surface area contributed by atoms with Crippen molar-refractivity contribution in [1.29, 1.82) is 0 Å². The molecule has 6 nitrogen and oxygen atoms in total. The Kier molecular flexibility index (Phi) is 8.50. The number of aliphatic hydroxyl groups is 1. The molecule has 2 unspecified atom stereocenters. The van der Waals surface area contributed by atoms with Gasteiger partial charge in [0.25, 0.3) is 5.91 Å². The molecule has 3 aromatic carbocycles. The van der Waals surface area contributed by atoms with Crippen molar-refractivity contribution in [2.45, 2.75) is 44.6 Å². The summed E-state index contributed by atoms with van der Waals surface area (Å²) in [5.41, 5.74) is 3.05. The van der Waals surface area contributed by atoms with Gasteiger partial charge in [-0.15, -0.1) is 0 Å². The number of carbonyl (C=O) groups excluding carboxylic acids is 1. The molecule has 1 saturated heterocycles. The fraction of sp³-hybridized carbons (Fsp3) is 0.469. The average molecular weight is 517 g/mol. The summed E-state index contributed by atoms with van der Waals surface area (Å²) >= 11 is 0. The molecule has 2 heterocycles. The maximum absolute atomic E-state index is 13.4. The van der Waals surface area contributed by atoms with Gasteiger partial charge in [-0.3, -0.25) is 4.79 Å². The lowest BCUT2D eigenvalue weighted by atomic mass is 9.95. The summed E-state index contributed by atoms with van der Waals surface area (Å²) in [7, 11) is 3.23. The van der Waals surface area contributed by atoms with Crippen LogP contribution < -0.4 is 9.47 Å². The van der Waals surface area contributed by atoms with E-state index in [-0.39, 0.29) is 12.0 Å². The molecule has 6 heteroatoms. The first-order valence-corrected chi connectivity index (χ1v) is 14.0. The smallest absolute Gasteiger partial charge is 0.254 e. The number of fused-ring (bicyclic) bond motifs is 2. The van der Waals surface area contributed by atoms with Crippen LogP contribution in [0.5, 0.6) is 11.5 Å². The molecule has 0 bridgehead atoms. The second-order valence-corrected chi connectivity index (χ2v) is 10.8. The predicted octanol–water partition coefficient (Wildman–Crippen LogP) is 4.95. The van der Waals surface area contributed by atoms with Gasteiger partial charge in [0, 0.05) is 31.7 Å². The molecule has 5 rings (SSSR count). The standard InChI is InChI=1S/C32H40N2O4/c1-37-30-18-26-15-17-34(32(36)29(26)19-31(30)38-2)21-23-8-5-6-16-33(20-23)22-27(35)14-13-25-11-7-10-24-9-3-4-12-28(24)25/h3-4,7,9-12,18-19,23,27,35H,5-6,8,13-17,20-22H2,1-2H3. The molecular formula is C32H40N2O4. The fourth-order valence-electron chi connectivity index (χ4n) is 6.19. The predicted molar refractivity (Wildman–Crippen MR) is 151 cm³/mol. The number of amides is 1. The Bertz CT molecular complexity index is 1250. The molecule has 1 amide bonds. The van der Waals surface area contributed by atoms with Crippen molar-refractivity contribution in [2.75, 3.05) is 46.9 Å². The molecule has 1 N–H and O–H groups in total.